The second kappa shape index (κ2) is 5.77. The summed E-state index contributed by atoms with van der Waals surface area (Å²) in [6, 6.07) is 3.93. The molecule has 0 spiro atoms. The Labute approximate surface area is 120 Å². The van der Waals surface area contributed by atoms with Gasteiger partial charge < -0.3 is 10.0 Å². The lowest BCUT2D eigenvalue weighted by Crippen LogP contribution is -2.18. The SMILES string of the molecule is CN(Cc1cnn(C)c1)c1ccc(CO)c(C(F)(F)F)c1. The van der Waals surface area contributed by atoms with Crippen LogP contribution in [0, 0.1) is 0 Å². The van der Waals surface area contributed by atoms with Gasteiger partial charge in [0.25, 0.3) is 0 Å². The zero-order valence-electron chi connectivity index (χ0n) is 11.7. The van der Waals surface area contributed by atoms with E-state index < -0.39 is 18.3 Å². The van der Waals surface area contributed by atoms with E-state index in [-0.39, 0.29) is 5.56 Å². The molecule has 0 bridgehead atoms. The zero-order chi connectivity index (χ0) is 15.6. The van der Waals surface area contributed by atoms with Crippen LogP contribution in [0.15, 0.2) is 30.6 Å². The number of nitrogens with zero attached hydrogens (tertiary/aromatic N) is 3. The Morgan fingerprint density at radius 2 is 2.05 bits per heavy atom. The van der Waals surface area contributed by atoms with Crippen LogP contribution in [0.2, 0.25) is 0 Å². The lowest BCUT2D eigenvalue weighted by atomic mass is 10.1. The van der Waals surface area contributed by atoms with Gasteiger partial charge in [-0.1, -0.05) is 6.07 Å². The third kappa shape index (κ3) is 3.55. The summed E-state index contributed by atoms with van der Waals surface area (Å²) in [5, 5.41) is 13.0. The van der Waals surface area contributed by atoms with Crippen molar-refractivity contribution < 1.29 is 18.3 Å². The minimum atomic E-state index is -4.48. The molecule has 0 atom stereocenters. The molecular weight excluding hydrogens is 283 g/mol. The van der Waals surface area contributed by atoms with E-state index in [4.69, 9.17) is 5.11 Å². The largest absolute Gasteiger partial charge is 0.416 e. The van der Waals surface area contributed by atoms with Crippen LogP contribution in [0.25, 0.3) is 0 Å². The fourth-order valence-corrected chi connectivity index (χ4v) is 2.12. The topological polar surface area (TPSA) is 41.3 Å². The normalized spacial score (nSPS) is 11.7. The molecule has 4 nitrogen and oxygen atoms in total. The predicted octanol–water partition coefficient (Wildman–Crippen LogP) is 2.57. The van der Waals surface area contributed by atoms with Gasteiger partial charge >= 0.3 is 6.18 Å². The number of aliphatic hydroxyl groups excluding tert-OH is 1. The molecule has 0 unspecified atom stereocenters. The number of hydrogen-bond donors (Lipinski definition) is 1. The van der Waals surface area contributed by atoms with Crippen molar-refractivity contribution in [2.45, 2.75) is 19.3 Å². The van der Waals surface area contributed by atoms with Crippen molar-refractivity contribution >= 4 is 5.69 Å². The summed E-state index contributed by atoms with van der Waals surface area (Å²) < 4.78 is 40.5. The number of alkyl halides is 3. The van der Waals surface area contributed by atoms with Gasteiger partial charge in [-0.05, 0) is 17.7 Å². The molecule has 1 heterocycles. The highest BCUT2D eigenvalue weighted by atomic mass is 19.4. The van der Waals surface area contributed by atoms with Gasteiger partial charge in [0.15, 0.2) is 0 Å². The fourth-order valence-electron chi connectivity index (χ4n) is 2.12. The molecule has 2 aromatic rings. The van der Waals surface area contributed by atoms with Crippen molar-refractivity contribution in [3.63, 3.8) is 0 Å². The third-order valence-electron chi connectivity index (χ3n) is 3.19. The van der Waals surface area contributed by atoms with Crippen molar-refractivity contribution in [1.29, 1.82) is 0 Å². The van der Waals surface area contributed by atoms with E-state index in [0.29, 0.717) is 12.2 Å². The smallest absolute Gasteiger partial charge is 0.392 e. The number of rotatable bonds is 4. The second-order valence-corrected chi connectivity index (χ2v) is 4.88. The minimum Gasteiger partial charge on any atom is -0.392 e. The lowest BCUT2D eigenvalue weighted by Gasteiger charge is -2.21. The van der Waals surface area contributed by atoms with Gasteiger partial charge in [0.1, 0.15) is 0 Å². The quantitative estimate of drug-likeness (QED) is 0.943. The number of benzene rings is 1. The second-order valence-electron chi connectivity index (χ2n) is 4.88. The Bertz CT molecular complexity index is 622. The maximum Gasteiger partial charge on any atom is 0.416 e. The summed E-state index contributed by atoms with van der Waals surface area (Å²) in [6.45, 7) is -0.189. The highest BCUT2D eigenvalue weighted by Crippen LogP contribution is 2.34. The van der Waals surface area contributed by atoms with Crippen molar-refractivity contribution in [2.24, 2.45) is 7.05 Å². The number of halogens is 3. The molecule has 2 rings (SSSR count). The summed E-state index contributed by atoms with van der Waals surface area (Å²) in [4.78, 5) is 1.70. The first-order valence-corrected chi connectivity index (χ1v) is 6.31. The Kier molecular flexibility index (Phi) is 4.22. The number of hydrogen-bond acceptors (Lipinski definition) is 3. The standard InChI is InChI=1S/C14H16F3N3O/c1-19(7-10-6-18-20(2)8-10)12-4-3-11(9-21)13(5-12)14(15,16)17/h3-6,8,21H,7,9H2,1-2H3. The van der Waals surface area contributed by atoms with Crippen molar-refractivity contribution in [3.05, 3.63) is 47.3 Å². The first-order valence-electron chi connectivity index (χ1n) is 6.31. The molecule has 0 fully saturated rings. The van der Waals surface area contributed by atoms with E-state index in [1.54, 1.807) is 35.9 Å². The minimum absolute atomic E-state index is 0.124. The maximum atomic E-state index is 13.0. The van der Waals surface area contributed by atoms with Gasteiger partial charge in [0.05, 0.1) is 18.4 Å². The number of anilines is 1. The maximum absolute atomic E-state index is 13.0. The van der Waals surface area contributed by atoms with E-state index in [1.807, 2.05) is 6.20 Å². The van der Waals surface area contributed by atoms with Crippen LogP contribution >= 0.6 is 0 Å². The molecule has 0 saturated heterocycles. The van der Waals surface area contributed by atoms with E-state index in [2.05, 4.69) is 5.10 Å². The number of aliphatic hydroxyl groups is 1. The summed E-state index contributed by atoms with van der Waals surface area (Å²) in [7, 11) is 3.49. The molecule has 21 heavy (non-hydrogen) atoms. The molecule has 7 heteroatoms. The van der Waals surface area contributed by atoms with Crippen molar-refractivity contribution in [1.82, 2.24) is 9.78 Å². The number of aryl methyl sites for hydroxylation is 1. The fraction of sp³-hybridized carbons (Fsp3) is 0.357. The van der Waals surface area contributed by atoms with Gasteiger partial charge in [-0.15, -0.1) is 0 Å². The number of aromatic nitrogens is 2. The molecule has 1 aromatic heterocycles. The highest BCUT2D eigenvalue weighted by molar-refractivity contribution is 5.51. The average molecular weight is 299 g/mol. The van der Waals surface area contributed by atoms with Crippen molar-refractivity contribution in [2.75, 3.05) is 11.9 Å². The molecule has 0 amide bonds. The molecule has 0 aliphatic heterocycles. The van der Waals surface area contributed by atoms with Crippen LogP contribution in [0.3, 0.4) is 0 Å². The third-order valence-corrected chi connectivity index (χ3v) is 3.19. The van der Waals surface area contributed by atoms with E-state index >= 15 is 0 Å². The molecule has 114 valence electrons. The van der Waals surface area contributed by atoms with E-state index in [1.165, 1.54) is 6.07 Å². The van der Waals surface area contributed by atoms with E-state index in [0.717, 1.165) is 11.6 Å². The molecule has 1 N–H and O–H groups in total. The summed E-state index contributed by atoms with van der Waals surface area (Å²) in [5.74, 6) is 0. The molecular formula is C14H16F3N3O. The molecule has 0 aliphatic rings. The molecule has 1 aromatic carbocycles. The first kappa shape index (κ1) is 15.4. The van der Waals surface area contributed by atoms with Crippen molar-refractivity contribution in [3.8, 4) is 0 Å². The Balaban J connectivity index is 2.27. The van der Waals surface area contributed by atoms with Crippen LogP contribution in [0.4, 0.5) is 18.9 Å². The van der Waals surface area contributed by atoms with Gasteiger partial charge in [-0.3, -0.25) is 4.68 Å². The molecule has 0 aliphatic carbocycles. The van der Waals surface area contributed by atoms with Gasteiger partial charge in [-0.25, -0.2) is 0 Å². The Morgan fingerprint density at radius 1 is 1.33 bits per heavy atom. The van der Waals surface area contributed by atoms with Gasteiger partial charge in [0.2, 0.25) is 0 Å². The first-order chi connectivity index (χ1) is 9.81. The van der Waals surface area contributed by atoms with Crippen LogP contribution in [-0.4, -0.2) is 21.9 Å². The highest BCUT2D eigenvalue weighted by Gasteiger charge is 2.33. The Morgan fingerprint density at radius 3 is 2.57 bits per heavy atom. The summed E-state index contributed by atoms with van der Waals surface area (Å²) in [5.41, 5.74) is 0.407. The van der Waals surface area contributed by atoms with Gasteiger partial charge in [0, 0.05) is 38.1 Å². The van der Waals surface area contributed by atoms with Crippen LogP contribution in [-0.2, 0) is 26.4 Å². The molecule has 0 radical (unpaired) electrons. The lowest BCUT2D eigenvalue weighted by molar-refractivity contribution is -0.138. The monoisotopic (exact) mass is 299 g/mol. The van der Waals surface area contributed by atoms with Crippen LogP contribution in [0.1, 0.15) is 16.7 Å². The van der Waals surface area contributed by atoms with E-state index in [9.17, 15) is 13.2 Å². The van der Waals surface area contributed by atoms with Crippen LogP contribution < -0.4 is 4.90 Å². The molecule has 0 saturated carbocycles. The van der Waals surface area contributed by atoms with Crippen LogP contribution in [0.5, 0.6) is 0 Å². The van der Waals surface area contributed by atoms with Gasteiger partial charge in [-0.2, -0.15) is 18.3 Å². The predicted molar refractivity (Wildman–Crippen MR) is 72.7 cm³/mol. The summed E-state index contributed by atoms with van der Waals surface area (Å²) in [6.07, 6.45) is -1.00. The Hall–Kier alpha value is -2.02. The zero-order valence-corrected chi connectivity index (χ0v) is 11.7. The average Bonchev–Trinajstić information content (AvgIpc) is 2.82. The summed E-state index contributed by atoms with van der Waals surface area (Å²) >= 11 is 0.